The second kappa shape index (κ2) is 6.33. The fraction of sp³-hybridized carbons (Fsp3) is 0.800. The van der Waals surface area contributed by atoms with Crippen LogP contribution in [0.3, 0.4) is 0 Å². The first kappa shape index (κ1) is 14.9. The van der Waals surface area contributed by atoms with Crippen molar-refractivity contribution in [3.63, 3.8) is 0 Å². The van der Waals surface area contributed by atoms with Crippen LogP contribution in [0.5, 0.6) is 0 Å². The van der Waals surface area contributed by atoms with Crippen molar-refractivity contribution in [2.45, 2.75) is 58.5 Å². The van der Waals surface area contributed by atoms with Crippen LogP contribution in [0, 0.1) is 0 Å². The van der Waals surface area contributed by atoms with Crippen LogP contribution in [0.1, 0.15) is 50.4 Å². The van der Waals surface area contributed by atoms with Gasteiger partial charge in [-0.2, -0.15) is 0 Å². The van der Waals surface area contributed by atoms with Crippen molar-refractivity contribution in [3.05, 3.63) is 16.1 Å². The van der Waals surface area contributed by atoms with E-state index in [1.807, 2.05) is 17.5 Å². The third kappa shape index (κ3) is 4.55. The monoisotopic (exact) mass is 281 g/mol. The molecule has 0 spiro atoms. The highest BCUT2D eigenvalue weighted by Gasteiger charge is 2.18. The Labute approximate surface area is 121 Å². The fourth-order valence-electron chi connectivity index (χ4n) is 2.43. The van der Waals surface area contributed by atoms with Gasteiger partial charge in [-0.3, -0.25) is 0 Å². The van der Waals surface area contributed by atoms with Gasteiger partial charge in [0.2, 0.25) is 0 Å². The molecule has 1 unspecified atom stereocenters. The molecule has 0 aromatic carbocycles. The van der Waals surface area contributed by atoms with Crippen LogP contribution in [0.15, 0.2) is 6.20 Å². The van der Waals surface area contributed by atoms with Crippen molar-refractivity contribution in [1.29, 1.82) is 0 Å². The van der Waals surface area contributed by atoms with Gasteiger partial charge in [-0.15, -0.1) is 11.3 Å². The lowest BCUT2D eigenvalue weighted by atomic mass is 9.98. The van der Waals surface area contributed by atoms with Crippen LogP contribution in [0.4, 0.5) is 0 Å². The van der Waals surface area contributed by atoms with Gasteiger partial charge in [-0.25, -0.2) is 4.98 Å². The minimum absolute atomic E-state index is 0.171. The quantitative estimate of drug-likeness (QED) is 0.899. The Morgan fingerprint density at radius 2 is 2.05 bits per heavy atom. The van der Waals surface area contributed by atoms with Crippen molar-refractivity contribution in [2.75, 3.05) is 19.6 Å². The van der Waals surface area contributed by atoms with E-state index in [0.717, 1.165) is 6.54 Å². The maximum absolute atomic E-state index is 4.54. The molecule has 1 aliphatic heterocycles. The van der Waals surface area contributed by atoms with E-state index in [-0.39, 0.29) is 5.41 Å². The average molecular weight is 281 g/mol. The van der Waals surface area contributed by atoms with E-state index in [4.69, 9.17) is 0 Å². The maximum atomic E-state index is 4.54. The molecule has 0 aliphatic carbocycles. The number of nitrogens with one attached hydrogen (secondary N) is 1. The van der Waals surface area contributed by atoms with Crippen LogP contribution < -0.4 is 5.32 Å². The Bertz CT molecular complexity index is 388. The summed E-state index contributed by atoms with van der Waals surface area (Å²) < 4.78 is 0. The van der Waals surface area contributed by atoms with Gasteiger partial charge in [0.25, 0.3) is 0 Å². The third-order valence-corrected chi connectivity index (χ3v) is 4.97. The minimum atomic E-state index is 0.171. The summed E-state index contributed by atoms with van der Waals surface area (Å²) >= 11 is 1.84. The predicted molar refractivity (Wildman–Crippen MR) is 82.8 cm³/mol. The summed E-state index contributed by atoms with van der Waals surface area (Å²) in [6.45, 7) is 13.6. The molecule has 0 radical (unpaired) electrons. The van der Waals surface area contributed by atoms with Crippen molar-refractivity contribution in [1.82, 2.24) is 15.2 Å². The highest BCUT2D eigenvalue weighted by molar-refractivity contribution is 7.11. The molecule has 0 bridgehead atoms. The molecule has 1 aromatic heterocycles. The topological polar surface area (TPSA) is 28.2 Å². The molecular weight excluding hydrogens is 254 g/mol. The first-order chi connectivity index (χ1) is 8.95. The Kier molecular flexibility index (Phi) is 4.98. The van der Waals surface area contributed by atoms with Crippen LogP contribution in [0.25, 0.3) is 0 Å². The number of aromatic nitrogens is 1. The van der Waals surface area contributed by atoms with E-state index in [1.54, 1.807) is 0 Å². The highest BCUT2D eigenvalue weighted by Crippen LogP contribution is 2.26. The molecule has 4 heteroatoms. The van der Waals surface area contributed by atoms with E-state index in [1.165, 1.54) is 42.4 Å². The first-order valence-electron chi connectivity index (χ1n) is 7.36. The van der Waals surface area contributed by atoms with Gasteiger partial charge in [-0.05, 0) is 32.9 Å². The van der Waals surface area contributed by atoms with Crippen molar-refractivity contribution in [3.8, 4) is 0 Å². The normalized spacial score (nSPS) is 18.9. The molecule has 1 atom stereocenters. The molecule has 3 nitrogen and oxygen atoms in total. The summed E-state index contributed by atoms with van der Waals surface area (Å²) in [5.74, 6) is 0. The maximum Gasteiger partial charge on any atom is 0.0981 e. The molecule has 19 heavy (non-hydrogen) atoms. The van der Waals surface area contributed by atoms with Crippen molar-refractivity contribution >= 4 is 11.3 Å². The van der Waals surface area contributed by atoms with Gasteiger partial charge >= 0.3 is 0 Å². The molecule has 1 saturated heterocycles. The van der Waals surface area contributed by atoms with Crippen LogP contribution >= 0.6 is 11.3 Å². The number of thiazole rings is 1. The smallest absolute Gasteiger partial charge is 0.0981 e. The number of hydrogen-bond acceptors (Lipinski definition) is 4. The van der Waals surface area contributed by atoms with Gasteiger partial charge in [0.05, 0.1) is 5.01 Å². The van der Waals surface area contributed by atoms with Crippen molar-refractivity contribution in [2.24, 2.45) is 0 Å². The van der Waals surface area contributed by atoms with Crippen molar-refractivity contribution < 1.29 is 0 Å². The van der Waals surface area contributed by atoms with Crippen LogP contribution in [-0.4, -0.2) is 35.6 Å². The van der Waals surface area contributed by atoms with E-state index in [9.17, 15) is 0 Å². The lowest BCUT2D eigenvalue weighted by molar-refractivity contribution is 0.298. The van der Waals surface area contributed by atoms with E-state index in [2.05, 4.69) is 42.9 Å². The predicted octanol–water partition coefficient (Wildman–Crippen LogP) is 3.01. The van der Waals surface area contributed by atoms with Crippen LogP contribution in [-0.2, 0) is 12.0 Å². The Morgan fingerprint density at radius 3 is 2.63 bits per heavy atom. The minimum Gasteiger partial charge on any atom is -0.308 e. The summed E-state index contributed by atoms with van der Waals surface area (Å²) in [5, 5.41) is 4.85. The third-order valence-electron chi connectivity index (χ3n) is 3.55. The second-order valence-electron chi connectivity index (χ2n) is 6.67. The largest absolute Gasteiger partial charge is 0.308 e. The summed E-state index contributed by atoms with van der Waals surface area (Å²) in [6.07, 6.45) is 4.77. The summed E-state index contributed by atoms with van der Waals surface area (Å²) in [4.78, 5) is 8.44. The van der Waals surface area contributed by atoms with Gasteiger partial charge in [-0.1, -0.05) is 20.8 Å². The number of hydrogen-bond donors (Lipinski definition) is 1. The molecule has 1 aromatic rings. The van der Waals surface area contributed by atoms with Gasteiger partial charge < -0.3 is 10.2 Å². The Morgan fingerprint density at radius 1 is 1.37 bits per heavy atom. The molecule has 1 fully saturated rings. The first-order valence-corrected chi connectivity index (χ1v) is 8.18. The fourth-order valence-corrected chi connectivity index (χ4v) is 3.35. The molecule has 2 rings (SSSR count). The SMILES string of the molecule is CC(CN1CCCC1)NCc1cnc(C(C)(C)C)s1. The van der Waals surface area contributed by atoms with E-state index < -0.39 is 0 Å². The zero-order valence-electron chi connectivity index (χ0n) is 12.7. The average Bonchev–Trinajstić information content (AvgIpc) is 2.95. The number of nitrogens with zero attached hydrogens (tertiary/aromatic N) is 2. The molecule has 0 amide bonds. The molecule has 2 heterocycles. The molecule has 1 aliphatic rings. The van der Waals surface area contributed by atoms with Gasteiger partial charge in [0, 0.05) is 35.6 Å². The highest BCUT2D eigenvalue weighted by atomic mass is 32.1. The second-order valence-corrected chi connectivity index (χ2v) is 7.79. The number of rotatable bonds is 5. The van der Waals surface area contributed by atoms with Gasteiger partial charge in [0.15, 0.2) is 0 Å². The summed E-state index contributed by atoms with van der Waals surface area (Å²) in [5.41, 5.74) is 0.171. The molecule has 108 valence electrons. The lowest BCUT2D eigenvalue weighted by Gasteiger charge is -2.20. The number of likely N-dealkylation sites (tertiary alicyclic amines) is 1. The zero-order valence-corrected chi connectivity index (χ0v) is 13.5. The molecular formula is C15H27N3S. The Balaban J connectivity index is 1.76. The van der Waals surface area contributed by atoms with E-state index in [0.29, 0.717) is 6.04 Å². The standard InChI is InChI=1S/C15H27N3S/c1-12(11-18-7-5-6-8-18)16-9-13-10-17-14(19-13)15(2,3)4/h10,12,16H,5-9,11H2,1-4H3. The lowest BCUT2D eigenvalue weighted by Crippen LogP contribution is -2.37. The molecule has 0 saturated carbocycles. The van der Waals surface area contributed by atoms with E-state index >= 15 is 0 Å². The summed E-state index contributed by atoms with van der Waals surface area (Å²) in [6, 6.07) is 0.554. The molecule has 1 N–H and O–H groups in total. The van der Waals surface area contributed by atoms with Gasteiger partial charge in [0.1, 0.15) is 0 Å². The summed E-state index contributed by atoms with van der Waals surface area (Å²) in [7, 11) is 0. The van der Waals surface area contributed by atoms with Crippen LogP contribution in [0.2, 0.25) is 0 Å². The zero-order chi connectivity index (χ0) is 13.9. The Hall–Kier alpha value is -0.450.